The van der Waals surface area contributed by atoms with Crippen LogP contribution in [0.3, 0.4) is 0 Å². The third kappa shape index (κ3) is 5.03. The Hall–Kier alpha value is -2.48. The molecule has 7 nitrogen and oxygen atoms in total. The summed E-state index contributed by atoms with van der Waals surface area (Å²) in [4.78, 5) is 23.4. The summed E-state index contributed by atoms with van der Waals surface area (Å²) in [7, 11) is 0. The molecule has 23 heavy (non-hydrogen) atoms. The van der Waals surface area contributed by atoms with Gasteiger partial charge in [-0.1, -0.05) is 12.1 Å². The third-order valence-electron chi connectivity index (χ3n) is 3.22. The molecule has 0 aliphatic rings. The monoisotopic (exact) mass is 334 g/mol. The van der Waals surface area contributed by atoms with Gasteiger partial charge in [0.25, 0.3) is 5.91 Å². The molecule has 0 fully saturated rings. The maximum Gasteiger partial charge on any atom is 0.272 e. The number of hydrogen-bond acceptors (Lipinski definition) is 6. The van der Waals surface area contributed by atoms with Crippen molar-refractivity contribution in [3.8, 4) is 5.75 Å². The van der Waals surface area contributed by atoms with Crippen molar-refractivity contribution in [2.45, 2.75) is 13.3 Å². The van der Waals surface area contributed by atoms with Crippen molar-refractivity contribution >= 4 is 23.5 Å². The van der Waals surface area contributed by atoms with E-state index in [1.165, 1.54) is 6.20 Å². The molecule has 1 atom stereocenters. The highest BCUT2D eigenvalue weighted by molar-refractivity contribution is 6.99. The fourth-order valence-corrected chi connectivity index (χ4v) is 2.43. The van der Waals surface area contributed by atoms with Crippen LogP contribution in [-0.4, -0.2) is 33.7 Å². The number of aromatic nitrogens is 2. The van der Waals surface area contributed by atoms with E-state index in [0.717, 1.165) is 23.0 Å². The molecule has 0 unspecified atom stereocenters. The first-order chi connectivity index (χ1) is 11.1. The number of primary amides is 1. The molecule has 0 saturated heterocycles. The summed E-state index contributed by atoms with van der Waals surface area (Å²) in [6.45, 7) is 2.66. The summed E-state index contributed by atoms with van der Waals surface area (Å²) in [6, 6.07) is 7.45. The number of amides is 2. The van der Waals surface area contributed by atoms with Crippen molar-refractivity contribution in [2.24, 2.45) is 11.7 Å². The first kappa shape index (κ1) is 16.9. The highest BCUT2D eigenvalue weighted by Gasteiger charge is 2.18. The molecule has 2 amide bonds. The van der Waals surface area contributed by atoms with E-state index < -0.39 is 11.8 Å². The number of carbonyl (C=O) groups excluding carboxylic acids is 2. The molecule has 8 heteroatoms. The van der Waals surface area contributed by atoms with E-state index in [0.29, 0.717) is 13.0 Å². The molecule has 0 aliphatic carbocycles. The van der Waals surface area contributed by atoms with E-state index in [1.54, 1.807) is 0 Å². The van der Waals surface area contributed by atoms with Crippen molar-refractivity contribution in [3.05, 3.63) is 41.7 Å². The third-order valence-corrected chi connectivity index (χ3v) is 3.70. The number of nitrogens with two attached hydrogens (primary N) is 1. The van der Waals surface area contributed by atoms with Gasteiger partial charge in [-0.05, 0) is 31.0 Å². The Morgan fingerprint density at radius 3 is 2.65 bits per heavy atom. The highest BCUT2D eigenvalue weighted by Crippen LogP contribution is 2.15. The molecule has 0 bridgehead atoms. The second-order valence-electron chi connectivity index (χ2n) is 4.88. The standard InChI is InChI=1S/C15H18N4O3S/c1-2-22-12-5-3-10(4-6-12)7-11(14(16)20)8-17-15(21)13-9-18-23-19-13/h3-6,9,11H,2,7-8H2,1H3,(H2,16,20)(H,17,21)/t11-/m1/s1. The molecule has 1 aromatic carbocycles. The largest absolute Gasteiger partial charge is 0.494 e. The zero-order chi connectivity index (χ0) is 16.7. The van der Waals surface area contributed by atoms with Gasteiger partial charge in [-0.3, -0.25) is 9.59 Å². The molecule has 0 saturated carbocycles. The second-order valence-corrected chi connectivity index (χ2v) is 5.44. The number of nitrogens with zero attached hydrogens (tertiary/aromatic N) is 2. The van der Waals surface area contributed by atoms with Gasteiger partial charge in [-0.2, -0.15) is 8.75 Å². The van der Waals surface area contributed by atoms with Crippen LogP contribution in [0.25, 0.3) is 0 Å². The summed E-state index contributed by atoms with van der Waals surface area (Å²) >= 11 is 0.952. The van der Waals surface area contributed by atoms with Gasteiger partial charge in [0.15, 0.2) is 5.69 Å². The van der Waals surface area contributed by atoms with Crippen LogP contribution in [0.5, 0.6) is 5.75 Å². The van der Waals surface area contributed by atoms with Gasteiger partial charge in [0.05, 0.1) is 30.4 Å². The number of carbonyl (C=O) groups is 2. The molecule has 1 heterocycles. The van der Waals surface area contributed by atoms with E-state index in [4.69, 9.17) is 10.5 Å². The van der Waals surface area contributed by atoms with E-state index in [1.807, 2.05) is 31.2 Å². The van der Waals surface area contributed by atoms with Gasteiger partial charge >= 0.3 is 0 Å². The Morgan fingerprint density at radius 2 is 2.09 bits per heavy atom. The summed E-state index contributed by atoms with van der Waals surface area (Å²) in [5.41, 5.74) is 6.61. The minimum Gasteiger partial charge on any atom is -0.494 e. The van der Waals surface area contributed by atoms with E-state index in [9.17, 15) is 9.59 Å². The number of hydrogen-bond donors (Lipinski definition) is 2. The number of benzene rings is 1. The van der Waals surface area contributed by atoms with Crippen LogP contribution in [0.2, 0.25) is 0 Å². The molecular formula is C15H18N4O3S. The second kappa shape index (κ2) is 8.23. The fourth-order valence-electron chi connectivity index (χ4n) is 2.02. The van der Waals surface area contributed by atoms with E-state index in [-0.39, 0.29) is 18.1 Å². The Morgan fingerprint density at radius 1 is 1.35 bits per heavy atom. The van der Waals surface area contributed by atoms with E-state index in [2.05, 4.69) is 14.1 Å². The molecule has 122 valence electrons. The Bertz CT molecular complexity index is 643. The van der Waals surface area contributed by atoms with Gasteiger partial charge in [-0.25, -0.2) is 0 Å². The average molecular weight is 334 g/mol. The van der Waals surface area contributed by atoms with Crippen molar-refractivity contribution in [2.75, 3.05) is 13.2 Å². The lowest BCUT2D eigenvalue weighted by molar-refractivity contribution is -0.121. The van der Waals surface area contributed by atoms with Crippen molar-refractivity contribution < 1.29 is 14.3 Å². The number of rotatable bonds is 8. The van der Waals surface area contributed by atoms with Crippen molar-refractivity contribution in [1.29, 1.82) is 0 Å². The lowest BCUT2D eigenvalue weighted by Crippen LogP contribution is -2.37. The maximum atomic E-state index is 11.8. The smallest absolute Gasteiger partial charge is 0.272 e. The first-order valence-electron chi connectivity index (χ1n) is 7.17. The quantitative estimate of drug-likeness (QED) is 0.749. The van der Waals surface area contributed by atoms with Crippen molar-refractivity contribution in [1.82, 2.24) is 14.1 Å². The van der Waals surface area contributed by atoms with Crippen molar-refractivity contribution in [3.63, 3.8) is 0 Å². The minimum atomic E-state index is -0.497. The Balaban J connectivity index is 1.93. The van der Waals surface area contributed by atoms with Gasteiger partial charge in [0, 0.05) is 6.54 Å². The molecule has 3 N–H and O–H groups in total. The minimum absolute atomic E-state index is 0.152. The Labute approximate surface area is 138 Å². The topological polar surface area (TPSA) is 107 Å². The van der Waals surface area contributed by atoms with Gasteiger partial charge in [-0.15, -0.1) is 0 Å². The average Bonchev–Trinajstić information content (AvgIpc) is 3.07. The first-order valence-corrected chi connectivity index (χ1v) is 7.90. The summed E-state index contributed by atoms with van der Waals surface area (Å²) in [5, 5.41) is 2.66. The van der Waals surface area contributed by atoms with Gasteiger partial charge in [0.2, 0.25) is 5.91 Å². The maximum absolute atomic E-state index is 11.8. The van der Waals surface area contributed by atoms with Crippen LogP contribution in [0, 0.1) is 5.92 Å². The van der Waals surface area contributed by atoms with Crippen LogP contribution in [0.4, 0.5) is 0 Å². The molecule has 0 radical (unpaired) electrons. The summed E-state index contributed by atoms with van der Waals surface area (Å²) < 4.78 is 13.0. The highest BCUT2D eigenvalue weighted by atomic mass is 32.1. The van der Waals surface area contributed by atoms with Crippen LogP contribution in [0.15, 0.2) is 30.5 Å². The number of nitrogens with one attached hydrogen (secondary N) is 1. The number of ether oxygens (including phenoxy) is 1. The predicted molar refractivity (Wildman–Crippen MR) is 86.2 cm³/mol. The molecule has 1 aromatic heterocycles. The zero-order valence-electron chi connectivity index (χ0n) is 12.7. The molecule has 2 rings (SSSR count). The zero-order valence-corrected chi connectivity index (χ0v) is 13.5. The molecular weight excluding hydrogens is 316 g/mol. The van der Waals surface area contributed by atoms with Crippen LogP contribution < -0.4 is 15.8 Å². The molecule has 0 spiro atoms. The predicted octanol–water partition coefficient (Wildman–Crippen LogP) is 1.01. The van der Waals surface area contributed by atoms with Crippen LogP contribution in [-0.2, 0) is 11.2 Å². The normalized spacial score (nSPS) is 11.7. The van der Waals surface area contributed by atoms with Gasteiger partial charge < -0.3 is 15.8 Å². The lowest BCUT2D eigenvalue weighted by Gasteiger charge is -2.14. The summed E-state index contributed by atoms with van der Waals surface area (Å²) in [6.07, 6.45) is 1.82. The van der Waals surface area contributed by atoms with Crippen LogP contribution >= 0.6 is 11.7 Å². The SMILES string of the molecule is CCOc1ccc(C[C@H](CNC(=O)c2cnsn2)C(N)=O)cc1. The summed E-state index contributed by atoms with van der Waals surface area (Å²) in [5.74, 6) is -0.549. The molecule has 2 aromatic rings. The van der Waals surface area contributed by atoms with Gasteiger partial charge in [0.1, 0.15) is 5.75 Å². The van der Waals surface area contributed by atoms with Crippen LogP contribution in [0.1, 0.15) is 23.0 Å². The Kier molecular flexibility index (Phi) is 6.04. The lowest BCUT2D eigenvalue weighted by atomic mass is 9.98. The molecule has 0 aliphatic heterocycles. The fraction of sp³-hybridized carbons (Fsp3) is 0.333. The van der Waals surface area contributed by atoms with E-state index >= 15 is 0 Å².